The predicted octanol–water partition coefficient (Wildman–Crippen LogP) is 3.47. The summed E-state index contributed by atoms with van der Waals surface area (Å²) in [7, 11) is 0. The SMILES string of the molecule is O=c1cc(Cn2ncc(Cl)c(Cl)c2=O)c2ccc(Br)cc2o1. The molecule has 0 aliphatic heterocycles. The molecule has 0 bridgehead atoms. The second kappa shape index (κ2) is 5.87. The van der Waals surface area contributed by atoms with Crippen LogP contribution in [-0.2, 0) is 6.54 Å². The molecule has 0 aliphatic carbocycles. The molecule has 0 atom stereocenters. The van der Waals surface area contributed by atoms with Gasteiger partial charge in [-0.1, -0.05) is 39.1 Å². The summed E-state index contributed by atoms with van der Waals surface area (Å²) in [5, 5.41) is 4.63. The third kappa shape index (κ3) is 2.82. The van der Waals surface area contributed by atoms with Crippen molar-refractivity contribution >= 4 is 50.1 Å². The van der Waals surface area contributed by atoms with Gasteiger partial charge in [-0.2, -0.15) is 5.10 Å². The Balaban J connectivity index is 2.18. The van der Waals surface area contributed by atoms with Crippen LogP contribution < -0.4 is 11.2 Å². The highest BCUT2D eigenvalue weighted by Gasteiger charge is 2.11. The zero-order valence-electron chi connectivity index (χ0n) is 10.8. The summed E-state index contributed by atoms with van der Waals surface area (Å²) in [5.41, 5.74) is -0.00176. The van der Waals surface area contributed by atoms with Crippen LogP contribution in [0.5, 0.6) is 0 Å². The molecule has 112 valence electrons. The minimum Gasteiger partial charge on any atom is -0.423 e. The van der Waals surface area contributed by atoms with Crippen LogP contribution in [0.4, 0.5) is 0 Å². The Kier molecular flexibility index (Phi) is 4.08. The van der Waals surface area contributed by atoms with Crippen LogP contribution in [0, 0.1) is 0 Å². The molecule has 22 heavy (non-hydrogen) atoms. The molecular formula is C14H7BrCl2N2O3. The van der Waals surface area contributed by atoms with E-state index >= 15 is 0 Å². The maximum absolute atomic E-state index is 12.0. The third-order valence-electron chi connectivity index (χ3n) is 3.05. The maximum Gasteiger partial charge on any atom is 0.336 e. The Morgan fingerprint density at radius 3 is 2.77 bits per heavy atom. The van der Waals surface area contributed by atoms with Gasteiger partial charge >= 0.3 is 5.63 Å². The van der Waals surface area contributed by atoms with Crippen molar-refractivity contribution < 1.29 is 4.42 Å². The fourth-order valence-corrected chi connectivity index (χ4v) is 2.66. The second-order valence-corrected chi connectivity index (χ2v) is 6.20. The van der Waals surface area contributed by atoms with Crippen molar-refractivity contribution in [2.45, 2.75) is 6.54 Å². The van der Waals surface area contributed by atoms with Crippen LogP contribution in [0.3, 0.4) is 0 Å². The van der Waals surface area contributed by atoms with Gasteiger partial charge in [0.25, 0.3) is 5.56 Å². The Bertz CT molecular complexity index is 998. The zero-order valence-corrected chi connectivity index (χ0v) is 13.9. The third-order valence-corrected chi connectivity index (χ3v) is 4.30. The molecule has 0 saturated carbocycles. The lowest BCUT2D eigenvalue weighted by atomic mass is 10.1. The lowest BCUT2D eigenvalue weighted by Gasteiger charge is -2.08. The zero-order chi connectivity index (χ0) is 15.9. The Hall–Kier alpha value is -1.63. The van der Waals surface area contributed by atoms with Crippen molar-refractivity contribution in [2.75, 3.05) is 0 Å². The molecule has 3 rings (SSSR count). The van der Waals surface area contributed by atoms with Crippen molar-refractivity contribution in [3.05, 3.63) is 71.3 Å². The fraction of sp³-hybridized carbons (Fsp3) is 0.0714. The Morgan fingerprint density at radius 1 is 1.23 bits per heavy atom. The summed E-state index contributed by atoms with van der Waals surface area (Å²) in [6.07, 6.45) is 1.29. The largest absolute Gasteiger partial charge is 0.423 e. The van der Waals surface area contributed by atoms with Crippen LogP contribution in [0.25, 0.3) is 11.0 Å². The molecule has 0 radical (unpaired) electrons. The molecule has 0 saturated heterocycles. The normalized spacial score (nSPS) is 11.0. The first-order valence-electron chi connectivity index (χ1n) is 6.09. The van der Waals surface area contributed by atoms with E-state index in [4.69, 9.17) is 27.6 Å². The van der Waals surface area contributed by atoms with Gasteiger partial charge in [-0.3, -0.25) is 4.79 Å². The number of fused-ring (bicyclic) bond motifs is 1. The standard InChI is InChI=1S/C14H7BrCl2N2O3/c15-8-1-2-9-7(3-12(20)22-11(9)4-8)6-19-14(21)13(17)10(16)5-18-19/h1-5H,6H2. The second-order valence-electron chi connectivity index (χ2n) is 4.50. The molecule has 3 aromatic rings. The molecule has 2 heterocycles. The first-order valence-corrected chi connectivity index (χ1v) is 7.64. The van der Waals surface area contributed by atoms with Crippen molar-refractivity contribution in [1.29, 1.82) is 0 Å². The molecule has 0 spiro atoms. The maximum atomic E-state index is 12.0. The number of rotatable bonds is 2. The Labute approximate surface area is 142 Å². The van der Waals surface area contributed by atoms with Crippen LogP contribution in [0.15, 0.2) is 48.9 Å². The number of nitrogens with zero attached hydrogens (tertiary/aromatic N) is 2. The first kappa shape index (κ1) is 15.3. The minimum absolute atomic E-state index is 0.0828. The molecular weight excluding hydrogens is 395 g/mol. The summed E-state index contributed by atoms with van der Waals surface area (Å²) < 4.78 is 7.08. The molecule has 0 N–H and O–H groups in total. The van der Waals surface area contributed by atoms with Crippen molar-refractivity contribution in [1.82, 2.24) is 9.78 Å². The predicted molar refractivity (Wildman–Crippen MR) is 87.8 cm³/mol. The summed E-state index contributed by atoms with van der Waals surface area (Å²) in [5.74, 6) is 0. The molecule has 2 aromatic heterocycles. The van der Waals surface area contributed by atoms with Crippen LogP contribution in [-0.4, -0.2) is 9.78 Å². The number of hydrogen-bond acceptors (Lipinski definition) is 4. The first-order chi connectivity index (χ1) is 10.5. The minimum atomic E-state index is -0.521. The molecule has 0 aliphatic rings. The van der Waals surface area contributed by atoms with E-state index in [9.17, 15) is 9.59 Å². The van der Waals surface area contributed by atoms with Gasteiger partial charge in [0, 0.05) is 15.9 Å². The van der Waals surface area contributed by atoms with E-state index in [0.29, 0.717) is 16.5 Å². The number of benzene rings is 1. The Morgan fingerprint density at radius 2 is 2.00 bits per heavy atom. The quantitative estimate of drug-likeness (QED) is 0.616. The van der Waals surface area contributed by atoms with Gasteiger partial charge in [0.05, 0.1) is 17.8 Å². The summed E-state index contributed by atoms with van der Waals surface area (Å²) in [6.45, 7) is 0.0828. The van der Waals surface area contributed by atoms with Crippen molar-refractivity contribution in [2.24, 2.45) is 0 Å². The highest BCUT2D eigenvalue weighted by Crippen LogP contribution is 2.22. The van der Waals surface area contributed by atoms with Crippen LogP contribution >= 0.6 is 39.1 Å². The lowest BCUT2D eigenvalue weighted by Crippen LogP contribution is -2.24. The van der Waals surface area contributed by atoms with E-state index in [-0.39, 0.29) is 16.6 Å². The van der Waals surface area contributed by atoms with E-state index < -0.39 is 11.2 Å². The van der Waals surface area contributed by atoms with Gasteiger partial charge in [-0.15, -0.1) is 0 Å². The van der Waals surface area contributed by atoms with E-state index in [1.165, 1.54) is 12.3 Å². The van der Waals surface area contributed by atoms with Gasteiger partial charge in [-0.05, 0) is 23.8 Å². The van der Waals surface area contributed by atoms with E-state index in [1.54, 1.807) is 12.1 Å². The number of aromatic nitrogens is 2. The fourth-order valence-electron chi connectivity index (χ4n) is 2.05. The summed E-state index contributed by atoms with van der Waals surface area (Å²) in [4.78, 5) is 23.7. The van der Waals surface area contributed by atoms with Gasteiger partial charge in [0.15, 0.2) is 0 Å². The number of hydrogen-bond donors (Lipinski definition) is 0. The van der Waals surface area contributed by atoms with Crippen LogP contribution in [0.2, 0.25) is 10.0 Å². The van der Waals surface area contributed by atoms with E-state index in [2.05, 4.69) is 21.0 Å². The highest BCUT2D eigenvalue weighted by molar-refractivity contribution is 9.10. The smallest absolute Gasteiger partial charge is 0.336 e. The van der Waals surface area contributed by atoms with Gasteiger partial charge in [-0.25, -0.2) is 9.48 Å². The summed E-state index contributed by atoms with van der Waals surface area (Å²) in [6, 6.07) is 6.62. The van der Waals surface area contributed by atoms with Gasteiger partial charge in [0.1, 0.15) is 10.6 Å². The lowest BCUT2D eigenvalue weighted by molar-refractivity contribution is 0.554. The summed E-state index contributed by atoms with van der Waals surface area (Å²) >= 11 is 14.9. The van der Waals surface area contributed by atoms with Crippen molar-refractivity contribution in [3.8, 4) is 0 Å². The van der Waals surface area contributed by atoms with Crippen LogP contribution in [0.1, 0.15) is 5.56 Å². The molecule has 0 unspecified atom stereocenters. The average Bonchev–Trinajstić information content (AvgIpc) is 2.47. The molecule has 1 aromatic carbocycles. The van der Waals surface area contributed by atoms with Gasteiger partial charge < -0.3 is 4.42 Å². The molecule has 0 amide bonds. The average molecular weight is 402 g/mol. The highest BCUT2D eigenvalue weighted by atomic mass is 79.9. The van der Waals surface area contributed by atoms with E-state index in [0.717, 1.165) is 9.15 Å². The van der Waals surface area contributed by atoms with E-state index in [1.807, 2.05) is 6.07 Å². The topological polar surface area (TPSA) is 65.1 Å². The van der Waals surface area contributed by atoms with Crippen molar-refractivity contribution in [3.63, 3.8) is 0 Å². The monoisotopic (exact) mass is 400 g/mol. The molecule has 8 heteroatoms. The number of halogens is 3. The van der Waals surface area contributed by atoms with Gasteiger partial charge in [0.2, 0.25) is 0 Å². The molecule has 0 fully saturated rings. The molecule has 5 nitrogen and oxygen atoms in total.